The molecule has 1 aliphatic heterocycles. The van der Waals surface area contributed by atoms with Crippen molar-refractivity contribution in [1.29, 1.82) is 0 Å². The molecule has 1 aliphatic carbocycles. The standard InChI is InChI=1S/C28H33N3O3/c1-18-10-12-22(14-19(18)2)31-26(32)25-15-20-11-13-23(34-4)16-24(20)30(25)17-28(31,3)27(33)29-21-8-6-5-7-9-21/h10-16,21H,5-9,17H2,1-4H3,(H,29,33)/t28-/m1/s1. The first-order chi connectivity index (χ1) is 16.3. The highest BCUT2D eigenvalue weighted by molar-refractivity contribution is 6.14. The Bertz CT molecular complexity index is 1270. The zero-order chi connectivity index (χ0) is 24.0. The van der Waals surface area contributed by atoms with Crippen LogP contribution in [0, 0.1) is 13.8 Å². The Morgan fingerprint density at radius 1 is 1.03 bits per heavy atom. The number of hydrogen-bond acceptors (Lipinski definition) is 3. The van der Waals surface area contributed by atoms with Crippen LogP contribution < -0.4 is 15.0 Å². The smallest absolute Gasteiger partial charge is 0.275 e. The SMILES string of the molecule is COc1ccc2cc3n(c2c1)C[C@](C)(C(=O)NC1CCCCC1)N(c1ccc(C)c(C)c1)C3=O. The first-order valence-corrected chi connectivity index (χ1v) is 12.2. The molecule has 1 aromatic heterocycles. The number of hydrogen-bond donors (Lipinski definition) is 1. The minimum Gasteiger partial charge on any atom is -0.497 e. The predicted molar refractivity (Wildman–Crippen MR) is 135 cm³/mol. The van der Waals surface area contributed by atoms with Crippen LogP contribution in [0.25, 0.3) is 10.9 Å². The molecule has 2 aromatic carbocycles. The Hall–Kier alpha value is -3.28. The van der Waals surface area contributed by atoms with E-state index in [-0.39, 0.29) is 17.9 Å². The van der Waals surface area contributed by atoms with E-state index in [2.05, 4.69) is 12.2 Å². The lowest BCUT2D eigenvalue weighted by molar-refractivity contribution is -0.127. The third kappa shape index (κ3) is 3.65. The van der Waals surface area contributed by atoms with Gasteiger partial charge in [0.15, 0.2) is 0 Å². The van der Waals surface area contributed by atoms with E-state index in [1.165, 1.54) is 6.42 Å². The Kier molecular flexibility index (Phi) is 5.62. The molecule has 2 aliphatic rings. The lowest BCUT2D eigenvalue weighted by Gasteiger charge is -2.45. The minimum absolute atomic E-state index is 0.0959. The van der Waals surface area contributed by atoms with E-state index in [0.29, 0.717) is 12.2 Å². The second-order valence-corrected chi connectivity index (χ2v) is 10.0. The number of rotatable bonds is 4. The molecule has 1 atom stereocenters. The monoisotopic (exact) mass is 459 g/mol. The average molecular weight is 460 g/mol. The predicted octanol–water partition coefficient (Wildman–Crippen LogP) is 5.13. The lowest BCUT2D eigenvalue weighted by Crippen LogP contribution is -2.65. The summed E-state index contributed by atoms with van der Waals surface area (Å²) in [6, 6.07) is 13.9. The highest BCUT2D eigenvalue weighted by Gasteiger charge is 2.49. The van der Waals surface area contributed by atoms with Crippen molar-refractivity contribution in [3.05, 3.63) is 59.3 Å². The summed E-state index contributed by atoms with van der Waals surface area (Å²) in [5.41, 5.74) is 3.42. The number of aromatic nitrogens is 1. The number of ether oxygens (including phenoxy) is 1. The van der Waals surface area contributed by atoms with Gasteiger partial charge in [0, 0.05) is 23.2 Å². The highest BCUT2D eigenvalue weighted by Crippen LogP contribution is 2.37. The third-order valence-corrected chi connectivity index (χ3v) is 7.67. The van der Waals surface area contributed by atoms with E-state index in [1.807, 2.05) is 60.9 Å². The van der Waals surface area contributed by atoms with Crippen molar-refractivity contribution < 1.29 is 14.3 Å². The van der Waals surface area contributed by atoms with Crippen molar-refractivity contribution in [2.75, 3.05) is 12.0 Å². The van der Waals surface area contributed by atoms with Crippen molar-refractivity contribution in [3.63, 3.8) is 0 Å². The number of carbonyl (C=O) groups excluding carboxylic acids is 2. The van der Waals surface area contributed by atoms with Crippen molar-refractivity contribution in [2.45, 2.75) is 71.0 Å². The Morgan fingerprint density at radius 3 is 2.50 bits per heavy atom. The highest BCUT2D eigenvalue weighted by atomic mass is 16.5. The number of carbonyl (C=O) groups is 2. The molecule has 1 N–H and O–H groups in total. The maximum absolute atomic E-state index is 14.0. The zero-order valence-electron chi connectivity index (χ0n) is 20.5. The normalized spacial score (nSPS) is 20.9. The first-order valence-electron chi connectivity index (χ1n) is 12.2. The molecule has 178 valence electrons. The average Bonchev–Trinajstić information content (AvgIpc) is 3.19. The molecule has 2 amide bonds. The molecular weight excluding hydrogens is 426 g/mol. The Balaban J connectivity index is 1.63. The lowest BCUT2D eigenvalue weighted by atomic mass is 9.90. The maximum Gasteiger partial charge on any atom is 0.275 e. The van der Waals surface area contributed by atoms with Gasteiger partial charge in [0.1, 0.15) is 17.0 Å². The van der Waals surface area contributed by atoms with Crippen LogP contribution in [0.5, 0.6) is 5.75 Å². The van der Waals surface area contributed by atoms with Crippen LogP contribution in [0.3, 0.4) is 0 Å². The molecular formula is C28H33N3O3. The summed E-state index contributed by atoms with van der Waals surface area (Å²) in [4.78, 5) is 29.7. The summed E-state index contributed by atoms with van der Waals surface area (Å²) < 4.78 is 7.42. The number of fused-ring (bicyclic) bond motifs is 3. The van der Waals surface area contributed by atoms with Crippen molar-refractivity contribution >= 4 is 28.4 Å². The largest absolute Gasteiger partial charge is 0.497 e. The molecule has 34 heavy (non-hydrogen) atoms. The quantitative estimate of drug-likeness (QED) is 0.588. The Labute approximate surface area is 200 Å². The third-order valence-electron chi connectivity index (χ3n) is 7.67. The van der Waals surface area contributed by atoms with Gasteiger partial charge in [-0.25, -0.2) is 0 Å². The molecule has 3 aromatic rings. The van der Waals surface area contributed by atoms with Gasteiger partial charge in [-0.1, -0.05) is 25.3 Å². The number of anilines is 1. The molecule has 0 spiro atoms. The van der Waals surface area contributed by atoms with E-state index < -0.39 is 5.54 Å². The van der Waals surface area contributed by atoms with Gasteiger partial charge in [-0.05, 0) is 75.1 Å². The fourth-order valence-electron chi connectivity index (χ4n) is 5.45. The number of aryl methyl sites for hydroxylation is 2. The number of nitrogens with one attached hydrogen (secondary N) is 1. The van der Waals surface area contributed by atoms with Gasteiger partial charge in [-0.2, -0.15) is 0 Å². The van der Waals surface area contributed by atoms with Crippen LogP contribution in [0.4, 0.5) is 5.69 Å². The van der Waals surface area contributed by atoms with E-state index in [0.717, 1.165) is 59.2 Å². The fraction of sp³-hybridized carbons (Fsp3) is 0.429. The molecule has 1 saturated carbocycles. The topological polar surface area (TPSA) is 63.6 Å². The Morgan fingerprint density at radius 2 is 1.79 bits per heavy atom. The molecule has 0 radical (unpaired) electrons. The molecule has 6 nitrogen and oxygen atoms in total. The van der Waals surface area contributed by atoms with Gasteiger partial charge < -0.3 is 14.6 Å². The summed E-state index contributed by atoms with van der Waals surface area (Å²) in [7, 11) is 1.63. The van der Waals surface area contributed by atoms with E-state index in [4.69, 9.17) is 4.74 Å². The van der Waals surface area contributed by atoms with Gasteiger partial charge in [-0.3, -0.25) is 14.5 Å². The van der Waals surface area contributed by atoms with Gasteiger partial charge in [0.05, 0.1) is 19.2 Å². The molecule has 6 heteroatoms. The zero-order valence-corrected chi connectivity index (χ0v) is 20.5. The number of benzene rings is 2. The van der Waals surface area contributed by atoms with Crippen LogP contribution in [0.1, 0.15) is 60.6 Å². The van der Waals surface area contributed by atoms with Gasteiger partial charge in [0.2, 0.25) is 5.91 Å². The van der Waals surface area contributed by atoms with Crippen molar-refractivity contribution in [2.24, 2.45) is 0 Å². The molecule has 0 saturated heterocycles. The fourth-order valence-corrected chi connectivity index (χ4v) is 5.45. The van der Waals surface area contributed by atoms with Crippen LogP contribution in [0.2, 0.25) is 0 Å². The molecule has 1 fully saturated rings. The summed E-state index contributed by atoms with van der Waals surface area (Å²) in [6.07, 6.45) is 5.47. The molecule has 2 heterocycles. The summed E-state index contributed by atoms with van der Waals surface area (Å²) in [5, 5.41) is 4.26. The van der Waals surface area contributed by atoms with E-state index in [1.54, 1.807) is 12.0 Å². The second kappa shape index (κ2) is 8.49. The van der Waals surface area contributed by atoms with Gasteiger partial charge >= 0.3 is 0 Å². The molecule has 5 rings (SSSR count). The van der Waals surface area contributed by atoms with Crippen LogP contribution in [0.15, 0.2) is 42.5 Å². The second-order valence-electron chi connectivity index (χ2n) is 10.0. The van der Waals surface area contributed by atoms with Crippen LogP contribution >= 0.6 is 0 Å². The summed E-state index contributed by atoms with van der Waals surface area (Å²) >= 11 is 0. The van der Waals surface area contributed by atoms with E-state index in [9.17, 15) is 9.59 Å². The van der Waals surface area contributed by atoms with Crippen LogP contribution in [-0.2, 0) is 11.3 Å². The van der Waals surface area contributed by atoms with E-state index >= 15 is 0 Å². The maximum atomic E-state index is 14.0. The number of amides is 2. The summed E-state index contributed by atoms with van der Waals surface area (Å²) in [5.74, 6) is 0.470. The van der Waals surface area contributed by atoms with Crippen molar-refractivity contribution in [1.82, 2.24) is 9.88 Å². The first kappa shape index (κ1) is 22.5. The van der Waals surface area contributed by atoms with Crippen LogP contribution in [-0.4, -0.2) is 35.1 Å². The van der Waals surface area contributed by atoms with Gasteiger partial charge in [0.25, 0.3) is 5.91 Å². The minimum atomic E-state index is -1.07. The number of nitrogens with zero attached hydrogens (tertiary/aromatic N) is 2. The molecule has 0 bridgehead atoms. The van der Waals surface area contributed by atoms with Crippen molar-refractivity contribution in [3.8, 4) is 5.75 Å². The summed E-state index contributed by atoms with van der Waals surface area (Å²) in [6.45, 7) is 6.36. The number of methoxy groups -OCH3 is 1. The van der Waals surface area contributed by atoms with Gasteiger partial charge in [-0.15, -0.1) is 0 Å². The molecule has 0 unspecified atom stereocenters.